The maximum atomic E-state index is 4.89. The fourth-order valence-corrected chi connectivity index (χ4v) is 4.41. The van der Waals surface area contributed by atoms with Gasteiger partial charge in [0.15, 0.2) is 0 Å². The molecule has 0 atom stereocenters. The quantitative estimate of drug-likeness (QED) is 0.197. The fourth-order valence-electron chi connectivity index (χ4n) is 3.20. The summed E-state index contributed by atoms with van der Waals surface area (Å²) in [6.45, 7) is 12.8. The molecule has 4 aromatic carbocycles. The van der Waals surface area contributed by atoms with Gasteiger partial charge in [0.05, 0.1) is 0 Å². The van der Waals surface area contributed by atoms with E-state index < -0.39 is 17.0 Å². The van der Waals surface area contributed by atoms with Gasteiger partial charge in [0.2, 0.25) is 0 Å². The van der Waals surface area contributed by atoms with Crippen LogP contribution in [0.1, 0.15) is 33.4 Å². The van der Waals surface area contributed by atoms with Crippen LogP contribution in [0, 0.1) is 41.5 Å². The topological polar surface area (TPSA) is 0 Å². The molecule has 4 rings (SSSR count). The number of aryl methyl sites for hydroxylation is 6. The van der Waals surface area contributed by atoms with E-state index in [1.807, 2.05) is 0 Å². The molecule has 169 valence electrons. The third kappa shape index (κ3) is 12.0. The van der Waals surface area contributed by atoms with Crippen molar-refractivity contribution >= 4 is 38.5 Å². The molecule has 4 aromatic rings. The van der Waals surface area contributed by atoms with E-state index in [0.29, 0.717) is 0 Å². The molecule has 0 aliphatic carbocycles. The fraction of sp³-hybridized carbons (Fsp3) is 0.214. The van der Waals surface area contributed by atoms with Gasteiger partial charge in [0.25, 0.3) is 0 Å². The van der Waals surface area contributed by atoms with Crippen molar-refractivity contribution in [3.63, 3.8) is 0 Å². The molecule has 0 heterocycles. The van der Waals surface area contributed by atoms with Crippen molar-refractivity contribution in [2.45, 2.75) is 41.5 Å². The van der Waals surface area contributed by atoms with Crippen molar-refractivity contribution in [2.75, 3.05) is 0 Å². The molecule has 0 aliphatic heterocycles. The van der Waals surface area contributed by atoms with Crippen LogP contribution in [0.2, 0.25) is 0 Å². The van der Waals surface area contributed by atoms with Gasteiger partial charge in [-0.15, -0.1) is 0 Å². The predicted octanol–water partition coefficient (Wildman–Crippen LogP) is 7.11. The molecule has 0 aliphatic rings. The molecule has 0 bridgehead atoms. The van der Waals surface area contributed by atoms with E-state index in [1.54, 1.807) is 0 Å². The van der Waals surface area contributed by atoms with Crippen molar-refractivity contribution < 1.29 is 17.0 Å². The van der Waals surface area contributed by atoms with E-state index >= 15 is 0 Å². The number of benzene rings is 2. The Morgan fingerprint density at radius 2 is 0.906 bits per heavy atom. The summed E-state index contributed by atoms with van der Waals surface area (Å²) in [4.78, 5) is 0. The Bertz CT molecular complexity index is 884. The summed E-state index contributed by atoms with van der Waals surface area (Å²) in [6.07, 6.45) is 0. The van der Waals surface area contributed by atoms with E-state index in [4.69, 9.17) is 18.6 Å². The molecule has 0 N–H and O–H groups in total. The summed E-state index contributed by atoms with van der Waals surface area (Å²) >= 11 is -0.556. The van der Waals surface area contributed by atoms with Gasteiger partial charge in [0.1, 0.15) is 9.52 Å². The molecule has 0 saturated heterocycles. The number of rotatable bonds is 2. The van der Waals surface area contributed by atoms with E-state index in [1.165, 1.54) is 43.8 Å². The summed E-state index contributed by atoms with van der Waals surface area (Å²) in [7, 11) is 10.0. The molecule has 0 spiro atoms. The zero-order valence-electron chi connectivity index (χ0n) is 19.9. The SMILES string of the molecule is Cc1cc(C)c(C)[cH-]1.Cc1cc(C)c(C)[cH-]1.[Cl][Ti][Cl].c1ccc([SiH]c2ccccc2)cc1. The van der Waals surface area contributed by atoms with Gasteiger partial charge < -0.3 is 0 Å². The Morgan fingerprint density at radius 3 is 1.09 bits per heavy atom. The van der Waals surface area contributed by atoms with E-state index in [2.05, 4.69) is 126 Å². The summed E-state index contributed by atoms with van der Waals surface area (Å²) in [6, 6.07) is 30.1. The first kappa shape index (κ1) is 28.7. The summed E-state index contributed by atoms with van der Waals surface area (Å²) in [5.41, 5.74) is 8.37. The van der Waals surface area contributed by atoms with E-state index in [0.717, 1.165) is 0 Å². The maximum absolute atomic E-state index is 4.89. The van der Waals surface area contributed by atoms with Gasteiger partial charge in [0, 0.05) is 0 Å². The first-order valence-electron chi connectivity index (χ1n) is 10.6. The normalized spacial score (nSPS) is 9.38. The van der Waals surface area contributed by atoms with Gasteiger partial charge >= 0.3 is 35.6 Å². The Morgan fingerprint density at radius 1 is 0.594 bits per heavy atom. The second kappa shape index (κ2) is 16.3. The van der Waals surface area contributed by atoms with Gasteiger partial charge in [-0.3, -0.25) is 0 Å². The minimum Gasteiger partial charge on any atom is -0.0632 e. The largest absolute Gasteiger partial charge is 0.103 e. The van der Waals surface area contributed by atoms with Crippen LogP contribution in [0.15, 0.2) is 84.9 Å². The van der Waals surface area contributed by atoms with Crippen LogP contribution >= 0.6 is 18.6 Å². The average Bonchev–Trinajstić information content (AvgIpc) is 3.22. The first-order valence-corrected chi connectivity index (χ1v) is 16.0. The Hall–Kier alpha value is -1.35. The Balaban J connectivity index is 0.000000236. The molecule has 0 fully saturated rings. The van der Waals surface area contributed by atoms with Gasteiger partial charge in [-0.1, -0.05) is 113 Å². The third-order valence-corrected chi connectivity index (χ3v) is 6.39. The molecular formula is C28H33Cl2SiTi-2. The Kier molecular flexibility index (Phi) is 14.6. The monoisotopic (exact) mass is 515 g/mol. The van der Waals surface area contributed by atoms with Gasteiger partial charge in [-0.25, -0.2) is 12.1 Å². The van der Waals surface area contributed by atoms with Crippen LogP contribution in [0.5, 0.6) is 0 Å². The molecule has 0 aromatic heterocycles. The van der Waals surface area contributed by atoms with E-state index in [9.17, 15) is 0 Å². The second-order valence-corrected chi connectivity index (χ2v) is 12.0. The van der Waals surface area contributed by atoms with Gasteiger partial charge in [-0.05, 0) is 0 Å². The molecule has 0 saturated carbocycles. The molecular weight excluding hydrogens is 483 g/mol. The standard InChI is InChI=1S/C12H11Si.2C8H11.2ClH.Ti/c1-3-7-11(8-4-1)13-12-9-5-2-6-10-12;2*1-6-4-7(2)8(3)5-6;;;/h1-10,13H;2*4-5H,1-3H3;2*1H;/q;2*-1;;;+2/p-2. The van der Waals surface area contributed by atoms with E-state index in [-0.39, 0.29) is 9.52 Å². The van der Waals surface area contributed by atoms with Crippen molar-refractivity contribution in [1.29, 1.82) is 0 Å². The van der Waals surface area contributed by atoms with Crippen LogP contribution in [0.4, 0.5) is 0 Å². The summed E-state index contributed by atoms with van der Waals surface area (Å²) < 4.78 is 0. The second-order valence-electron chi connectivity index (χ2n) is 7.83. The van der Waals surface area contributed by atoms with Crippen molar-refractivity contribution in [3.8, 4) is 0 Å². The molecule has 32 heavy (non-hydrogen) atoms. The summed E-state index contributed by atoms with van der Waals surface area (Å²) in [5, 5.41) is 2.90. The van der Waals surface area contributed by atoms with Crippen LogP contribution in [0.3, 0.4) is 0 Å². The first-order chi connectivity index (χ1) is 15.3. The molecule has 1 radical (unpaired) electrons. The van der Waals surface area contributed by atoms with Crippen LogP contribution in [0.25, 0.3) is 0 Å². The minimum absolute atomic E-state index is 0.271. The third-order valence-electron chi connectivity index (χ3n) is 4.95. The van der Waals surface area contributed by atoms with Crippen molar-refractivity contribution in [2.24, 2.45) is 0 Å². The summed E-state index contributed by atoms with van der Waals surface area (Å²) in [5.74, 6) is 0. The van der Waals surface area contributed by atoms with Crippen LogP contribution < -0.4 is 10.4 Å². The number of hydrogen-bond donors (Lipinski definition) is 0. The van der Waals surface area contributed by atoms with Crippen molar-refractivity contribution in [3.05, 3.63) is 118 Å². The maximum Gasteiger partial charge on any atom is 0.103 e. The van der Waals surface area contributed by atoms with Crippen LogP contribution in [-0.2, 0) is 17.0 Å². The van der Waals surface area contributed by atoms with Crippen LogP contribution in [-0.4, -0.2) is 9.52 Å². The van der Waals surface area contributed by atoms with Gasteiger partial charge in [-0.2, -0.15) is 45.5 Å². The Labute approximate surface area is 214 Å². The molecule has 0 nitrogen and oxygen atoms in total. The minimum atomic E-state index is -0.556. The zero-order valence-corrected chi connectivity index (χ0v) is 24.1. The predicted molar refractivity (Wildman–Crippen MR) is 143 cm³/mol. The molecule has 0 amide bonds. The zero-order chi connectivity index (χ0) is 23.9. The smallest absolute Gasteiger partial charge is 0.0632 e. The molecule has 0 unspecified atom stereocenters. The number of halogens is 2. The molecule has 4 heteroatoms. The number of hydrogen-bond acceptors (Lipinski definition) is 0. The van der Waals surface area contributed by atoms with Crippen molar-refractivity contribution in [1.82, 2.24) is 0 Å². The average molecular weight is 516 g/mol.